The molecule has 0 atom stereocenters. The number of thioether (sulfide) groups is 1. The van der Waals surface area contributed by atoms with Gasteiger partial charge in [0.1, 0.15) is 24.7 Å². The zero-order valence-electron chi connectivity index (χ0n) is 19.5. The van der Waals surface area contributed by atoms with Gasteiger partial charge in [-0.3, -0.25) is 19.3 Å². The molecule has 0 spiro atoms. The van der Waals surface area contributed by atoms with Crippen LogP contribution in [0.2, 0.25) is 0 Å². The lowest BCUT2D eigenvalue weighted by molar-refractivity contribution is -0.127. The van der Waals surface area contributed by atoms with Crippen molar-refractivity contribution < 1.29 is 23.5 Å². The molecular weight excluding hydrogens is 491 g/mol. The first kappa shape index (κ1) is 24.3. The van der Waals surface area contributed by atoms with Crippen LogP contribution >= 0.6 is 11.8 Å². The van der Waals surface area contributed by atoms with Gasteiger partial charge in [-0.25, -0.2) is 4.39 Å². The van der Waals surface area contributed by atoms with Gasteiger partial charge in [0.2, 0.25) is 5.91 Å². The van der Waals surface area contributed by atoms with E-state index in [2.05, 4.69) is 5.32 Å². The fraction of sp³-hybridized carbons (Fsp3) is 0.0690. The molecule has 0 aromatic heterocycles. The highest BCUT2D eigenvalue weighted by molar-refractivity contribution is 8.18. The standard InChI is InChI=1S/C29H21FN2O4S/c30-21-11-13-22(14-12-21)31-27(33)17-32-28(34)26(37-29(32)35)16-24-23-9-5-4-8-20(23)10-15-25(24)36-18-19-6-2-1-3-7-19/h1-16H,17-18H2,(H,31,33)/b26-16+. The number of nitrogens with one attached hydrogen (secondary N) is 1. The molecule has 1 saturated heterocycles. The van der Waals surface area contributed by atoms with Crippen LogP contribution in [-0.4, -0.2) is 28.5 Å². The van der Waals surface area contributed by atoms with E-state index in [0.717, 1.165) is 33.0 Å². The normalized spacial score (nSPS) is 14.4. The molecule has 1 heterocycles. The van der Waals surface area contributed by atoms with Crippen LogP contribution in [0.15, 0.2) is 95.9 Å². The molecule has 6 nitrogen and oxygen atoms in total. The second-order valence-corrected chi connectivity index (χ2v) is 9.29. The molecule has 0 aliphatic carbocycles. The summed E-state index contributed by atoms with van der Waals surface area (Å²) in [5.41, 5.74) is 2.04. The molecule has 1 fully saturated rings. The highest BCUT2D eigenvalue weighted by atomic mass is 32.2. The second kappa shape index (κ2) is 10.7. The maximum atomic E-state index is 13.1. The van der Waals surface area contributed by atoms with Crippen molar-refractivity contribution in [3.05, 3.63) is 113 Å². The van der Waals surface area contributed by atoms with Crippen molar-refractivity contribution in [2.75, 3.05) is 11.9 Å². The third kappa shape index (κ3) is 5.54. The highest BCUT2D eigenvalue weighted by Crippen LogP contribution is 2.37. The summed E-state index contributed by atoms with van der Waals surface area (Å²) >= 11 is 0.772. The van der Waals surface area contributed by atoms with E-state index in [9.17, 15) is 18.8 Å². The van der Waals surface area contributed by atoms with Crippen LogP contribution in [-0.2, 0) is 16.2 Å². The smallest absolute Gasteiger partial charge is 0.294 e. The molecule has 1 aliphatic heterocycles. The van der Waals surface area contributed by atoms with E-state index in [4.69, 9.17) is 4.74 Å². The van der Waals surface area contributed by atoms with Gasteiger partial charge in [-0.2, -0.15) is 0 Å². The molecule has 37 heavy (non-hydrogen) atoms. The Balaban J connectivity index is 1.39. The Hall–Kier alpha value is -4.43. The molecule has 1 N–H and O–H groups in total. The molecule has 0 unspecified atom stereocenters. The van der Waals surface area contributed by atoms with Gasteiger partial charge >= 0.3 is 0 Å². The Bertz CT molecular complexity index is 1520. The quantitative estimate of drug-likeness (QED) is 0.297. The van der Waals surface area contributed by atoms with E-state index in [1.807, 2.05) is 66.7 Å². The van der Waals surface area contributed by atoms with Crippen LogP contribution in [0.25, 0.3) is 16.8 Å². The molecule has 0 radical (unpaired) electrons. The zero-order chi connectivity index (χ0) is 25.8. The molecular formula is C29H21FN2O4S. The molecule has 4 aromatic rings. The number of anilines is 1. The van der Waals surface area contributed by atoms with E-state index in [0.29, 0.717) is 23.6 Å². The monoisotopic (exact) mass is 512 g/mol. The van der Waals surface area contributed by atoms with Crippen molar-refractivity contribution >= 4 is 51.4 Å². The Morgan fingerprint density at radius 2 is 1.65 bits per heavy atom. The average molecular weight is 513 g/mol. The number of hydrogen-bond donors (Lipinski definition) is 1. The van der Waals surface area contributed by atoms with Crippen LogP contribution in [0.4, 0.5) is 14.9 Å². The third-order valence-electron chi connectivity index (χ3n) is 5.75. The maximum Gasteiger partial charge on any atom is 0.294 e. The first-order chi connectivity index (χ1) is 18.0. The lowest BCUT2D eigenvalue weighted by Crippen LogP contribution is -2.36. The summed E-state index contributed by atoms with van der Waals surface area (Å²) in [7, 11) is 0. The van der Waals surface area contributed by atoms with E-state index in [1.165, 1.54) is 24.3 Å². The topological polar surface area (TPSA) is 75.7 Å². The van der Waals surface area contributed by atoms with Crippen LogP contribution < -0.4 is 10.1 Å². The first-order valence-corrected chi connectivity index (χ1v) is 12.3. The summed E-state index contributed by atoms with van der Waals surface area (Å²) in [6.07, 6.45) is 1.64. The lowest BCUT2D eigenvalue weighted by atomic mass is 10.0. The van der Waals surface area contributed by atoms with E-state index in [1.54, 1.807) is 6.08 Å². The fourth-order valence-corrected chi connectivity index (χ4v) is 4.75. The van der Waals surface area contributed by atoms with Gasteiger partial charge in [-0.05, 0) is 64.5 Å². The SMILES string of the molecule is O=C(CN1C(=O)S/C(=C/c2c(OCc3ccccc3)ccc3ccccc23)C1=O)Nc1ccc(F)cc1. The number of ether oxygens (including phenoxy) is 1. The number of fused-ring (bicyclic) bond motifs is 1. The van der Waals surface area contributed by atoms with E-state index < -0.39 is 29.4 Å². The van der Waals surface area contributed by atoms with E-state index >= 15 is 0 Å². The number of nitrogens with zero attached hydrogens (tertiary/aromatic N) is 1. The van der Waals surface area contributed by atoms with E-state index in [-0.39, 0.29) is 4.91 Å². The van der Waals surface area contributed by atoms with Crippen LogP contribution in [0, 0.1) is 5.82 Å². The summed E-state index contributed by atoms with van der Waals surface area (Å²) < 4.78 is 19.2. The molecule has 5 rings (SSSR count). The summed E-state index contributed by atoms with van der Waals surface area (Å²) in [6.45, 7) is -0.114. The highest BCUT2D eigenvalue weighted by Gasteiger charge is 2.36. The number of hydrogen-bond acceptors (Lipinski definition) is 5. The Kier molecular flexibility index (Phi) is 7.00. The van der Waals surface area contributed by atoms with Gasteiger partial charge in [0, 0.05) is 11.3 Å². The number of imide groups is 1. The summed E-state index contributed by atoms with van der Waals surface area (Å²) in [5, 5.41) is 3.85. The second-order valence-electron chi connectivity index (χ2n) is 8.30. The summed E-state index contributed by atoms with van der Waals surface area (Å²) in [6, 6.07) is 26.4. The number of halogens is 1. The third-order valence-corrected chi connectivity index (χ3v) is 6.65. The van der Waals surface area contributed by atoms with Crippen molar-refractivity contribution in [3.8, 4) is 5.75 Å². The molecule has 184 valence electrons. The fourth-order valence-electron chi connectivity index (χ4n) is 3.93. The van der Waals surface area contributed by atoms with Crippen LogP contribution in [0.5, 0.6) is 5.75 Å². The van der Waals surface area contributed by atoms with Crippen molar-refractivity contribution in [2.24, 2.45) is 0 Å². The molecule has 4 aromatic carbocycles. The summed E-state index contributed by atoms with van der Waals surface area (Å²) in [4.78, 5) is 39.3. The van der Waals surface area contributed by atoms with Gasteiger partial charge < -0.3 is 10.1 Å². The zero-order valence-corrected chi connectivity index (χ0v) is 20.3. The number of carbonyl (C=O) groups excluding carboxylic acids is 3. The predicted molar refractivity (Wildman–Crippen MR) is 142 cm³/mol. The molecule has 0 saturated carbocycles. The molecule has 8 heteroatoms. The minimum atomic E-state index is -0.564. The maximum absolute atomic E-state index is 13.1. The lowest BCUT2D eigenvalue weighted by Gasteiger charge is -2.13. The van der Waals surface area contributed by atoms with Gasteiger partial charge in [-0.1, -0.05) is 60.7 Å². The van der Waals surface area contributed by atoms with Gasteiger partial charge in [0.15, 0.2) is 0 Å². The average Bonchev–Trinajstić information content (AvgIpc) is 3.17. The number of carbonyl (C=O) groups is 3. The molecule has 3 amide bonds. The number of benzene rings is 4. The van der Waals surface area contributed by atoms with Crippen molar-refractivity contribution in [3.63, 3.8) is 0 Å². The Morgan fingerprint density at radius 3 is 2.43 bits per heavy atom. The van der Waals surface area contributed by atoms with Crippen LogP contribution in [0.3, 0.4) is 0 Å². The van der Waals surface area contributed by atoms with Gasteiger partial charge in [0.25, 0.3) is 11.1 Å². The van der Waals surface area contributed by atoms with Crippen LogP contribution in [0.1, 0.15) is 11.1 Å². The number of rotatable bonds is 7. The van der Waals surface area contributed by atoms with Crippen molar-refractivity contribution in [2.45, 2.75) is 6.61 Å². The molecule has 1 aliphatic rings. The van der Waals surface area contributed by atoms with Crippen molar-refractivity contribution in [1.29, 1.82) is 0 Å². The number of amides is 3. The minimum Gasteiger partial charge on any atom is -0.488 e. The molecule has 0 bridgehead atoms. The summed E-state index contributed by atoms with van der Waals surface area (Å²) in [5.74, 6) is -0.989. The first-order valence-electron chi connectivity index (χ1n) is 11.5. The van der Waals surface area contributed by atoms with Crippen molar-refractivity contribution in [1.82, 2.24) is 4.90 Å². The van der Waals surface area contributed by atoms with Gasteiger partial charge in [0.05, 0.1) is 4.91 Å². The Labute approximate surface area is 216 Å². The largest absolute Gasteiger partial charge is 0.488 e. The van der Waals surface area contributed by atoms with Gasteiger partial charge in [-0.15, -0.1) is 0 Å². The predicted octanol–water partition coefficient (Wildman–Crippen LogP) is 6.23. The Morgan fingerprint density at radius 1 is 0.919 bits per heavy atom. The minimum absolute atomic E-state index is 0.195.